The summed E-state index contributed by atoms with van der Waals surface area (Å²) in [7, 11) is -3.71. The van der Waals surface area contributed by atoms with E-state index in [0.29, 0.717) is 24.3 Å². The van der Waals surface area contributed by atoms with Crippen molar-refractivity contribution in [2.75, 3.05) is 23.7 Å². The van der Waals surface area contributed by atoms with E-state index in [0.717, 1.165) is 0 Å². The standard InChI is InChI=1S/C20H21N3O5S/c1-3-23(4-2)29(27,28)14-9-7-8-13(12-14)21-20(26)18(24)17-15-10-5-6-11-16(15)22-19(17)25/h5-12,17H,3-4H2,1-2H3,(H,21,26)(H,22,25). The van der Waals surface area contributed by atoms with E-state index in [1.54, 1.807) is 38.1 Å². The van der Waals surface area contributed by atoms with Gasteiger partial charge in [-0.25, -0.2) is 8.42 Å². The molecule has 0 aromatic heterocycles. The van der Waals surface area contributed by atoms with Crippen molar-refractivity contribution in [3.8, 4) is 0 Å². The van der Waals surface area contributed by atoms with Crippen LogP contribution in [0.5, 0.6) is 0 Å². The number of ketones is 1. The summed E-state index contributed by atoms with van der Waals surface area (Å²) in [5.74, 6) is -3.69. The molecular weight excluding hydrogens is 394 g/mol. The van der Waals surface area contributed by atoms with Crippen LogP contribution < -0.4 is 10.6 Å². The number of benzene rings is 2. The molecule has 29 heavy (non-hydrogen) atoms. The summed E-state index contributed by atoms with van der Waals surface area (Å²) >= 11 is 0. The van der Waals surface area contributed by atoms with Crippen molar-refractivity contribution < 1.29 is 22.8 Å². The molecule has 0 bridgehead atoms. The van der Waals surface area contributed by atoms with Crippen LogP contribution in [0.25, 0.3) is 0 Å². The van der Waals surface area contributed by atoms with Crippen LogP contribution in [0, 0.1) is 0 Å². The van der Waals surface area contributed by atoms with Crippen LogP contribution in [-0.4, -0.2) is 43.4 Å². The number of sulfonamides is 1. The molecule has 2 amide bonds. The number of nitrogens with zero attached hydrogens (tertiary/aromatic N) is 1. The van der Waals surface area contributed by atoms with E-state index in [1.807, 2.05) is 0 Å². The zero-order valence-electron chi connectivity index (χ0n) is 16.0. The SMILES string of the molecule is CCN(CC)S(=O)(=O)c1cccc(NC(=O)C(=O)C2C(=O)Nc3ccccc32)c1. The van der Waals surface area contributed by atoms with Gasteiger partial charge in [0.15, 0.2) is 0 Å². The fourth-order valence-electron chi connectivity index (χ4n) is 3.24. The van der Waals surface area contributed by atoms with Crippen LogP contribution in [0.1, 0.15) is 25.3 Å². The Balaban J connectivity index is 1.82. The molecule has 0 aliphatic carbocycles. The van der Waals surface area contributed by atoms with E-state index >= 15 is 0 Å². The van der Waals surface area contributed by atoms with Gasteiger partial charge in [0.1, 0.15) is 5.92 Å². The maximum Gasteiger partial charge on any atom is 0.292 e. The lowest BCUT2D eigenvalue weighted by Gasteiger charge is -2.18. The number of para-hydroxylation sites is 1. The lowest BCUT2D eigenvalue weighted by atomic mass is 9.95. The lowest BCUT2D eigenvalue weighted by molar-refractivity contribution is -0.138. The minimum Gasteiger partial charge on any atom is -0.325 e. The fraction of sp³-hybridized carbons (Fsp3) is 0.250. The highest BCUT2D eigenvalue weighted by atomic mass is 32.2. The molecule has 2 aromatic rings. The molecule has 1 unspecified atom stereocenters. The van der Waals surface area contributed by atoms with E-state index in [4.69, 9.17) is 0 Å². The lowest BCUT2D eigenvalue weighted by Crippen LogP contribution is -2.32. The summed E-state index contributed by atoms with van der Waals surface area (Å²) in [5.41, 5.74) is 1.09. The number of anilines is 2. The number of carbonyl (C=O) groups excluding carboxylic acids is 3. The van der Waals surface area contributed by atoms with Gasteiger partial charge in [-0.3, -0.25) is 14.4 Å². The first-order chi connectivity index (χ1) is 13.8. The Labute approximate surface area is 169 Å². The van der Waals surface area contributed by atoms with E-state index in [-0.39, 0.29) is 10.6 Å². The molecule has 9 heteroatoms. The van der Waals surface area contributed by atoms with Gasteiger partial charge < -0.3 is 10.6 Å². The molecule has 2 N–H and O–H groups in total. The Kier molecular flexibility index (Phi) is 5.81. The second kappa shape index (κ2) is 8.14. The maximum absolute atomic E-state index is 12.6. The summed E-state index contributed by atoms with van der Waals surface area (Å²) in [6.45, 7) is 4.08. The van der Waals surface area contributed by atoms with Crippen LogP contribution in [0.15, 0.2) is 53.4 Å². The summed E-state index contributed by atoms with van der Waals surface area (Å²) in [5, 5.41) is 4.98. The molecule has 0 fully saturated rings. The Morgan fingerprint density at radius 3 is 2.45 bits per heavy atom. The quantitative estimate of drug-likeness (QED) is 0.530. The molecular formula is C20H21N3O5S. The number of Topliss-reactive ketones (excluding diaryl/α,β-unsaturated/α-hetero) is 1. The molecule has 1 aliphatic heterocycles. The van der Waals surface area contributed by atoms with Crippen molar-refractivity contribution >= 4 is 39.0 Å². The highest BCUT2D eigenvalue weighted by Crippen LogP contribution is 2.33. The second-order valence-electron chi connectivity index (χ2n) is 6.45. The van der Waals surface area contributed by atoms with Gasteiger partial charge in [0, 0.05) is 24.5 Å². The number of fused-ring (bicyclic) bond motifs is 1. The molecule has 0 spiro atoms. The Bertz CT molecular complexity index is 1080. The van der Waals surface area contributed by atoms with Gasteiger partial charge in [-0.1, -0.05) is 38.1 Å². The predicted molar refractivity (Wildman–Crippen MR) is 108 cm³/mol. The minimum atomic E-state index is -3.71. The fourth-order valence-corrected chi connectivity index (χ4v) is 4.74. The average Bonchev–Trinajstić information content (AvgIpc) is 3.04. The molecule has 0 radical (unpaired) electrons. The Morgan fingerprint density at radius 1 is 1.07 bits per heavy atom. The van der Waals surface area contributed by atoms with Crippen molar-refractivity contribution in [2.24, 2.45) is 0 Å². The molecule has 1 atom stereocenters. The van der Waals surface area contributed by atoms with E-state index < -0.39 is 33.5 Å². The van der Waals surface area contributed by atoms with Crippen LogP contribution in [-0.2, 0) is 24.4 Å². The monoisotopic (exact) mass is 415 g/mol. The van der Waals surface area contributed by atoms with E-state index in [1.165, 1.54) is 28.6 Å². The molecule has 1 aliphatic rings. The minimum absolute atomic E-state index is 0.00963. The number of nitrogens with one attached hydrogen (secondary N) is 2. The molecule has 0 saturated carbocycles. The van der Waals surface area contributed by atoms with Gasteiger partial charge in [-0.2, -0.15) is 4.31 Å². The normalized spacial score (nSPS) is 15.7. The molecule has 8 nitrogen and oxygen atoms in total. The molecule has 3 rings (SSSR count). The summed E-state index contributed by atoms with van der Waals surface area (Å²) in [6, 6.07) is 12.3. The number of hydrogen-bond donors (Lipinski definition) is 2. The molecule has 152 valence electrons. The van der Waals surface area contributed by atoms with Crippen molar-refractivity contribution in [1.82, 2.24) is 4.31 Å². The molecule has 1 heterocycles. The van der Waals surface area contributed by atoms with Gasteiger partial charge in [-0.05, 0) is 29.8 Å². The number of amides is 2. The third-order valence-corrected chi connectivity index (χ3v) is 6.76. The van der Waals surface area contributed by atoms with Crippen molar-refractivity contribution in [3.05, 3.63) is 54.1 Å². The first-order valence-electron chi connectivity index (χ1n) is 9.14. The summed E-state index contributed by atoms with van der Waals surface area (Å²) in [4.78, 5) is 37.2. The third kappa shape index (κ3) is 3.92. The van der Waals surface area contributed by atoms with Crippen LogP contribution in [0.3, 0.4) is 0 Å². The first kappa shape index (κ1) is 20.7. The Hall–Kier alpha value is -3.04. The van der Waals surface area contributed by atoms with Crippen molar-refractivity contribution in [3.63, 3.8) is 0 Å². The smallest absolute Gasteiger partial charge is 0.292 e. The average molecular weight is 415 g/mol. The van der Waals surface area contributed by atoms with Gasteiger partial charge in [-0.15, -0.1) is 0 Å². The van der Waals surface area contributed by atoms with Gasteiger partial charge in [0.2, 0.25) is 21.7 Å². The number of hydrogen-bond acceptors (Lipinski definition) is 5. The maximum atomic E-state index is 12.6. The first-order valence-corrected chi connectivity index (χ1v) is 10.6. The number of rotatable bonds is 7. The van der Waals surface area contributed by atoms with E-state index in [2.05, 4.69) is 10.6 Å². The van der Waals surface area contributed by atoms with E-state index in [9.17, 15) is 22.8 Å². The molecule has 0 saturated heterocycles. The van der Waals surface area contributed by atoms with Crippen molar-refractivity contribution in [2.45, 2.75) is 24.7 Å². The van der Waals surface area contributed by atoms with Crippen molar-refractivity contribution in [1.29, 1.82) is 0 Å². The second-order valence-corrected chi connectivity index (χ2v) is 8.38. The highest BCUT2D eigenvalue weighted by Gasteiger charge is 2.39. The van der Waals surface area contributed by atoms with Crippen LogP contribution >= 0.6 is 0 Å². The van der Waals surface area contributed by atoms with Crippen LogP contribution in [0.4, 0.5) is 11.4 Å². The Morgan fingerprint density at radius 2 is 1.76 bits per heavy atom. The third-order valence-electron chi connectivity index (χ3n) is 4.71. The topological polar surface area (TPSA) is 113 Å². The predicted octanol–water partition coefficient (Wildman–Crippen LogP) is 1.96. The zero-order valence-corrected chi connectivity index (χ0v) is 16.8. The largest absolute Gasteiger partial charge is 0.325 e. The summed E-state index contributed by atoms with van der Waals surface area (Å²) < 4.78 is 26.6. The van der Waals surface area contributed by atoms with Gasteiger partial charge >= 0.3 is 0 Å². The highest BCUT2D eigenvalue weighted by molar-refractivity contribution is 7.89. The van der Waals surface area contributed by atoms with Gasteiger partial charge in [0.05, 0.1) is 4.90 Å². The molecule has 2 aromatic carbocycles. The summed E-state index contributed by atoms with van der Waals surface area (Å²) in [6.07, 6.45) is 0. The van der Waals surface area contributed by atoms with Crippen LogP contribution in [0.2, 0.25) is 0 Å². The van der Waals surface area contributed by atoms with Gasteiger partial charge in [0.25, 0.3) is 5.91 Å². The zero-order chi connectivity index (χ0) is 21.2. The number of carbonyl (C=O) groups is 3.